The summed E-state index contributed by atoms with van der Waals surface area (Å²) in [5.74, 6) is 2.06. The molecule has 3 atom stereocenters. The third kappa shape index (κ3) is 1.02. The maximum atomic E-state index is 5.89. The Bertz CT molecular complexity index is 160. The van der Waals surface area contributed by atoms with Gasteiger partial charge in [-0.15, -0.1) is 0 Å². The number of fused-ring (bicyclic) bond motifs is 1. The molecule has 1 heteroatoms. The van der Waals surface area contributed by atoms with E-state index in [0.717, 1.165) is 18.4 Å². The quantitative estimate of drug-likeness (QED) is 0.672. The van der Waals surface area contributed by atoms with Crippen LogP contribution in [-0.2, 0) is 0 Å². The van der Waals surface area contributed by atoms with Gasteiger partial charge in [0, 0.05) is 0 Å². The number of nitrogens with two attached hydrogens (primary N) is 1. The highest BCUT2D eigenvalue weighted by Gasteiger charge is 2.51. The van der Waals surface area contributed by atoms with E-state index in [-0.39, 0.29) is 0 Å². The summed E-state index contributed by atoms with van der Waals surface area (Å²) < 4.78 is 0. The molecule has 1 nitrogen and oxygen atoms in total. The highest BCUT2D eigenvalue weighted by atomic mass is 14.7. The van der Waals surface area contributed by atoms with Crippen LogP contribution in [0.15, 0.2) is 0 Å². The fraction of sp³-hybridized carbons (Fsp3) is 1.00. The minimum atomic E-state index is 0.574. The third-order valence-corrected chi connectivity index (χ3v) is 4.48. The van der Waals surface area contributed by atoms with Crippen molar-refractivity contribution in [3.05, 3.63) is 0 Å². The molecule has 0 heterocycles. The number of rotatable bonds is 2. The first-order valence-electron chi connectivity index (χ1n) is 5.52. The molecule has 0 aromatic carbocycles. The van der Waals surface area contributed by atoms with Crippen molar-refractivity contribution >= 4 is 0 Å². The van der Waals surface area contributed by atoms with Crippen molar-refractivity contribution in [3.8, 4) is 0 Å². The zero-order chi connectivity index (χ0) is 8.60. The molecule has 2 aliphatic carbocycles. The van der Waals surface area contributed by atoms with E-state index in [2.05, 4.69) is 6.92 Å². The Kier molecular flexibility index (Phi) is 2.16. The first kappa shape index (κ1) is 8.55. The fourth-order valence-corrected chi connectivity index (χ4v) is 3.56. The molecule has 2 saturated carbocycles. The van der Waals surface area contributed by atoms with Gasteiger partial charge in [0.25, 0.3) is 0 Å². The summed E-state index contributed by atoms with van der Waals surface area (Å²) in [6.45, 7) is 3.25. The predicted octanol–water partition coefficient (Wildman–Crippen LogP) is 2.55. The van der Waals surface area contributed by atoms with Gasteiger partial charge >= 0.3 is 0 Å². The topological polar surface area (TPSA) is 26.0 Å². The molecule has 0 amide bonds. The van der Waals surface area contributed by atoms with Crippen LogP contribution in [0.3, 0.4) is 0 Å². The second kappa shape index (κ2) is 3.02. The van der Waals surface area contributed by atoms with Crippen LogP contribution in [0.2, 0.25) is 0 Å². The smallest absolute Gasteiger partial charge is 0.00178 e. The lowest BCUT2D eigenvalue weighted by molar-refractivity contribution is -0.0661. The SMILES string of the molecule is CC[C@]1(CN)C[C@H]2CCCC[C@H]21. The van der Waals surface area contributed by atoms with Crippen LogP contribution in [0.5, 0.6) is 0 Å². The predicted molar refractivity (Wildman–Crippen MR) is 51.8 cm³/mol. The van der Waals surface area contributed by atoms with Crippen LogP contribution >= 0.6 is 0 Å². The molecule has 0 bridgehead atoms. The average molecular weight is 167 g/mol. The van der Waals surface area contributed by atoms with Crippen LogP contribution in [0.1, 0.15) is 45.4 Å². The summed E-state index contributed by atoms with van der Waals surface area (Å²) in [5.41, 5.74) is 6.46. The van der Waals surface area contributed by atoms with Gasteiger partial charge in [-0.3, -0.25) is 0 Å². The normalized spacial score (nSPS) is 46.5. The van der Waals surface area contributed by atoms with Crippen LogP contribution in [0.4, 0.5) is 0 Å². The third-order valence-electron chi connectivity index (χ3n) is 4.48. The Balaban J connectivity index is 2.02. The molecule has 0 saturated heterocycles. The Labute approximate surface area is 75.7 Å². The molecule has 0 aromatic heterocycles. The van der Waals surface area contributed by atoms with Crippen LogP contribution in [0, 0.1) is 17.3 Å². The van der Waals surface area contributed by atoms with Gasteiger partial charge < -0.3 is 5.73 Å². The zero-order valence-corrected chi connectivity index (χ0v) is 8.18. The summed E-state index contributed by atoms with van der Waals surface area (Å²) in [6, 6.07) is 0. The minimum absolute atomic E-state index is 0.574. The van der Waals surface area contributed by atoms with E-state index >= 15 is 0 Å². The van der Waals surface area contributed by atoms with Gasteiger partial charge in [0.1, 0.15) is 0 Å². The fourth-order valence-electron chi connectivity index (χ4n) is 3.56. The Morgan fingerprint density at radius 2 is 2.08 bits per heavy atom. The van der Waals surface area contributed by atoms with E-state index in [9.17, 15) is 0 Å². The summed E-state index contributed by atoms with van der Waals surface area (Å²) in [4.78, 5) is 0. The van der Waals surface area contributed by atoms with E-state index in [1.54, 1.807) is 0 Å². The first-order chi connectivity index (χ1) is 5.82. The molecule has 70 valence electrons. The summed E-state index contributed by atoms with van der Waals surface area (Å²) in [7, 11) is 0. The largest absolute Gasteiger partial charge is 0.330 e. The summed E-state index contributed by atoms with van der Waals surface area (Å²) >= 11 is 0. The molecule has 2 rings (SSSR count). The van der Waals surface area contributed by atoms with Crippen molar-refractivity contribution in [1.29, 1.82) is 0 Å². The molecule has 2 N–H and O–H groups in total. The van der Waals surface area contributed by atoms with Gasteiger partial charge in [-0.25, -0.2) is 0 Å². The molecule has 0 unspecified atom stereocenters. The monoisotopic (exact) mass is 167 g/mol. The van der Waals surface area contributed by atoms with Crippen LogP contribution in [0.25, 0.3) is 0 Å². The van der Waals surface area contributed by atoms with Crippen molar-refractivity contribution in [3.63, 3.8) is 0 Å². The highest BCUT2D eigenvalue weighted by molar-refractivity contribution is 5.02. The lowest BCUT2D eigenvalue weighted by Crippen LogP contribution is -2.53. The first-order valence-corrected chi connectivity index (χ1v) is 5.52. The molecule has 2 aliphatic rings. The molecular formula is C11H21N. The van der Waals surface area contributed by atoms with Crippen molar-refractivity contribution in [2.24, 2.45) is 23.0 Å². The second-order valence-corrected chi connectivity index (χ2v) is 4.78. The van der Waals surface area contributed by atoms with Gasteiger partial charge in [-0.05, 0) is 43.1 Å². The lowest BCUT2D eigenvalue weighted by Gasteiger charge is -2.57. The Morgan fingerprint density at radius 3 is 2.67 bits per heavy atom. The van der Waals surface area contributed by atoms with Crippen molar-refractivity contribution in [1.82, 2.24) is 0 Å². The Morgan fingerprint density at radius 1 is 1.33 bits per heavy atom. The van der Waals surface area contributed by atoms with Crippen molar-refractivity contribution in [2.45, 2.75) is 45.4 Å². The maximum absolute atomic E-state index is 5.89. The van der Waals surface area contributed by atoms with Gasteiger partial charge in [0.05, 0.1) is 0 Å². The molecule has 0 radical (unpaired) electrons. The van der Waals surface area contributed by atoms with E-state index < -0.39 is 0 Å². The average Bonchev–Trinajstić information content (AvgIpc) is 2.09. The van der Waals surface area contributed by atoms with E-state index in [0.29, 0.717) is 5.41 Å². The summed E-state index contributed by atoms with van der Waals surface area (Å²) in [5, 5.41) is 0. The minimum Gasteiger partial charge on any atom is -0.330 e. The number of hydrogen-bond donors (Lipinski definition) is 1. The number of hydrogen-bond acceptors (Lipinski definition) is 1. The van der Waals surface area contributed by atoms with Crippen LogP contribution in [-0.4, -0.2) is 6.54 Å². The molecule has 0 spiro atoms. The van der Waals surface area contributed by atoms with Gasteiger partial charge in [-0.1, -0.05) is 26.2 Å². The van der Waals surface area contributed by atoms with Gasteiger partial charge in [-0.2, -0.15) is 0 Å². The van der Waals surface area contributed by atoms with E-state index in [1.807, 2.05) is 0 Å². The zero-order valence-electron chi connectivity index (χ0n) is 8.18. The highest BCUT2D eigenvalue weighted by Crippen LogP contribution is 2.58. The molecule has 2 fully saturated rings. The van der Waals surface area contributed by atoms with Crippen LogP contribution < -0.4 is 5.73 Å². The van der Waals surface area contributed by atoms with E-state index in [4.69, 9.17) is 5.73 Å². The molecule has 0 aromatic rings. The lowest BCUT2D eigenvalue weighted by atomic mass is 9.48. The molecular weight excluding hydrogens is 146 g/mol. The van der Waals surface area contributed by atoms with Crippen molar-refractivity contribution < 1.29 is 0 Å². The van der Waals surface area contributed by atoms with E-state index in [1.165, 1.54) is 38.5 Å². The maximum Gasteiger partial charge on any atom is -0.00178 e. The van der Waals surface area contributed by atoms with Crippen molar-refractivity contribution in [2.75, 3.05) is 6.54 Å². The van der Waals surface area contributed by atoms with Gasteiger partial charge in [0.15, 0.2) is 0 Å². The second-order valence-electron chi connectivity index (χ2n) is 4.78. The molecule has 0 aliphatic heterocycles. The summed E-state index contributed by atoms with van der Waals surface area (Å²) in [6.07, 6.45) is 8.64. The standard InChI is InChI=1S/C11H21N/c1-2-11(8-12)7-9-5-3-4-6-10(9)11/h9-10H,2-8,12H2,1H3/t9-,10-,11-/m1/s1. The molecule has 12 heavy (non-hydrogen) atoms. The Hall–Kier alpha value is -0.0400. The van der Waals surface area contributed by atoms with Gasteiger partial charge in [0.2, 0.25) is 0 Å².